The van der Waals surface area contributed by atoms with Crippen LogP contribution in [0.2, 0.25) is 5.02 Å². The highest BCUT2D eigenvalue weighted by Gasteiger charge is 2.17. The Labute approximate surface area is 118 Å². The lowest BCUT2D eigenvalue weighted by Crippen LogP contribution is -2.07. The number of hydrogen-bond acceptors (Lipinski definition) is 2. The standard InChI is InChI=1S/C15H18ClFN2/c1-5-18-15-11-6-10(17)7-12(16)14(11)19-9(4)13(15)8(2)3/h6-8H,5H2,1-4H3,(H,18,19). The van der Waals surface area contributed by atoms with Crippen LogP contribution in [0.5, 0.6) is 0 Å². The fourth-order valence-electron chi connectivity index (χ4n) is 2.50. The van der Waals surface area contributed by atoms with E-state index in [0.717, 1.165) is 28.9 Å². The molecular weight excluding hydrogens is 263 g/mol. The van der Waals surface area contributed by atoms with E-state index < -0.39 is 0 Å². The summed E-state index contributed by atoms with van der Waals surface area (Å²) in [6.07, 6.45) is 0. The number of rotatable bonds is 3. The van der Waals surface area contributed by atoms with Gasteiger partial charge in [-0.15, -0.1) is 0 Å². The van der Waals surface area contributed by atoms with Crippen LogP contribution < -0.4 is 5.32 Å². The molecule has 0 spiro atoms. The van der Waals surface area contributed by atoms with Crippen molar-refractivity contribution >= 4 is 28.2 Å². The maximum atomic E-state index is 13.6. The van der Waals surface area contributed by atoms with Crippen molar-refractivity contribution in [3.05, 3.63) is 34.2 Å². The van der Waals surface area contributed by atoms with Gasteiger partial charge in [0, 0.05) is 23.3 Å². The molecule has 102 valence electrons. The molecule has 0 saturated heterocycles. The van der Waals surface area contributed by atoms with Gasteiger partial charge in [0.2, 0.25) is 0 Å². The Bertz CT molecular complexity index is 623. The van der Waals surface area contributed by atoms with Gasteiger partial charge in [-0.3, -0.25) is 4.98 Å². The number of aryl methyl sites for hydroxylation is 1. The van der Waals surface area contributed by atoms with Gasteiger partial charge in [-0.2, -0.15) is 0 Å². The van der Waals surface area contributed by atoms with Crippen molar-refractivity contribution in [3.8, 4) is 0 Å². The van der Waals surface area contributed by atoms with E-state index in [-0.39, 0.29) is 5.82 Å². The fraction of sp³-hybridized carbons (Fsp3) is 0.400. The van der Waals surface area contributed by atoms with Gasteiger partial charge >= 0.3 is 0 Å². The van der Waals surface area contributed by atoms with Gasteiger partial charge in [0.1, 0.15) is 5.82 Å². The molecule has 0 aliphatic heterocycles. The Morgan fingerprint density at radius 3 is 2.63 bits per heavy atom. The van der Waals surface area contributed by atoms with Crippen LogP contribution in [0, 0.1) is 12.7 Å². The first-order chi connectivity index (χ1) is 8.95. The molecule has 19 heavy (non-hydrogen) atoms. The summed E-state index contributed by atoms with van der Waals surface area (Å²) >= 11 is 6.11. The Balaban J connectivity index is 2.89. The number of nitrogens with zero attached hydrogens (tertiary/aromatic N) is 1. The molecule has 0 bridgehead atoms. The van der Waals surface area contributed by atoms with Crippen LogP contribution in [-0.2, 0) is 0 Å². The Morgan fingerprint density at radius 2 is 2.05 bits per heavy atom. The SMILES string of the molecule is CCNc1c(C(C)C)c(C)nc2c(Cl)cc(F)cc12. The third-order valence-corrected chi connectivity index (χ3v) is 3.46. The predicted octanol–water partition coefficient (Wildman–Crippen LogP) is 4.89. The fourth-order valence-corrected chi connectivity index (χ4v) is 2.75. The maximum absolute atomic E-state index is 13.6. The van der Waals surface area contributed by atoms with Crippen LogP contribution in [0.15, 0.2) is 12.1 Å². The number of fused-ring (bicyclic) bond motifs is 1. The first kappa shape index (κ1) is 14.1. The minimum absolute atomic E-state index is 0.313. The third kappa shape index (κ3) is 2.52. The van der Waals surface area contributed by atoms with Crippen molar-refractivity contribution < 1.29 is 4.39 Å². The summed E-state index contributed by atoms with van der Waals surface area (Å²) in [5.41, 5.74) is 3.66. The number of nitrogens with one attached hydrogen (secondary N) is 1. The molecule has 0 aliphatic carbocycles. The molecule has 1 heterocycles. The lowest BCUT2D eigenvalue weighted by atomic mass is 9.96. The van der Waals surface area contributed by atoms with Gasteiger partial charge in [0.05, 0.1) is 10.5 Å². The molecule has 1 aromatic carbocycles. The highest BCUT2D eigenvalue weighted by atomic mass is 35.5. The summed E-state index contributed by atoms with van der Waals surface area (Å²) < 4.78 is 13.6. The second-order valence-corrected chi connectivity index (χ2v) is 5.36. The number of halogens is 2. The lowest BCUT2D eigenvalue weighted by Gasteiger charge is -2.19. The monoisotopic (exact) mass is 280 g/mol. The number of pyridine rings is 1. The molecule has 0 saturated carbocycles. The summed E-state index contributed by atoms with van der Waals surface area (Å²) in [6.45, 7) is 8.98. The van der Waals surface area contributed by atoms with Crippen LogP contribution in [0.25, 0.3) is 10.9 Å². The molecule has 2 nitrogen and oxygen atoms in total. The average molecular weight is 281 g/mol. The van der Waals surface area contributed by atoms with Gasteiger partial charge in [0.25, 0.3) is 0 Å². The average Bonchev–Trinajstić information content (AvgIpc) is 2.30. The Kier molecular flexibility index (Phi) is 3.95. The largest absolute Gasteiger partial charge is 0.384 e. The molecule has 2 rings (SSSR count). The molecule has 0 radical (unpaired) electrons. The molecule has 0 fully saturated rings. The second-order valence-electron chi connectivity index (χ2n) is 4.95. The molecule has 0 aliphatic rings. The van der Waals surface area contributed by atoms with Gasteiger partial charge in [-0.25, -0.2) is 4.39 Å². The van der Waals surface area contributed by atoms with E-state index in [2.05, 4.69) is 24.1 Å². The van der Waals surface area contributed by atoms with Gasteiger partial charge in [-0.05, 0) is 37.5 Å². The van der Waals surface area contributed by atoms with Gasteiger partial charge in [0.15, 0.2) is 0 Å². The molecule has 4 heteroatoms. The van der Waals surface area contributed by atoms with Crippen LogP contribution in [0.3, 0.4) is 0 Å². The van der Waals surface area contributed by atoms with Crippen LogP contribution in [-0.4, -0.2) is 11.5 Å². The molecule has 1 N–H and O–H groups in total. The third-order valence-electron chi connectivity index (χ3n) is 3.17. The maximum Gasteiger partial charge on any atom is 0.125 e. The zero-order chi connectivity index (χ0) is 14.2. The summed E-state index contributed by atoms with van der Waals surface area (Å²) in [6, 6.07) is 2.80. The van der Waals surface area contributed by atoms with Crippen LogP contribution in [0.1, 0.15) is 37.9 Å². The summed E-state index contributed by atoms with van der Waals surface area (Å²) in [7, 11) is 0. The van der Waals surface area contributed by atoms with E-state index in [1.54, 1.807) is 0 Å². The minimum atomic E-state index is -0.336. The Morgan fingerprint density at radius 1 is 1.37 bits per heavy atom. The molecule has 0 unspecified atom stereocenters. The van der Waals surface area contributed by atoms with Crippen molar-refractivity contribution in [2.45, 2.75) is 33.6 Å². The van der Waals surface area contributed by atoms with E-state index in [9.17, 15) is 4.39 Å². The van der Waals surface area contributed by atoms with E-state index >= 15 is 0 Å². The number of aromatic nitrogens is 1. The summed E-state index contributed by atoms with van der Waals surface area (Å²) in [5, 5.41) is 4.44. The highest BCUT2D eigenvalue weighted by molar-refractivity contribution is 6.35. The van der Waals surface area contributed by atoms with Crippen molar-refractivity contribution in [2.24, 2.45) is 0 Å². The van der Waals surface area contributed by atoms with Gasteiger partial charge in [-0.1, -0.05) is 25.4 Å². The Hall–Kier alpha value is -1.35. The first-order valence-corrected chi connectivity index (χ1v) is 6.86. The highest BCUT2D eigenvalue weighted by Crippen LogP contribution is 2.36. The molecule has 1 aromatic heterocycles. The van der Waals surface area contributed by atoms with Crippen molar-refractivity contribution in [2.75, 3.05) is 11.9 Å². The van der Waals surface area contributed by atoms with E-state index in [4.69, 9.17) is 11.6 Å². The smallest absolute Gasteiger partial charge is 0.125 e. The van der Waals surface area contributed by atoms with Crippen molar-refractivity contribution in [1.29, 1.82) is 0 Å². The molecule has 2 aromatic rings. The van der Waals surface area contributed by atoms with Crippen LogP contribution in [0.4, 0.5) is 10.1 Å². The normalized spacial score (nSPS) is 11.3. The summed E-state index contributed by atoms with van der Waals surface area (Å²) in [4.78, 5) is 4.54. The zero-order valence-corrected chi connectivity index (χ0v) is 12.4. The second kappa shape index (κ2) is 5.33. The quantitative estimate of drug-likeness (QED) is 0.866. The van der Waals surface area contributed by atoms with Crippen molar-refractivity contribution in [1.82, 2.24) is 4.98 Å². The molecule has 0 amide bonds. The van der Waals surface area contributed by atoms with Crippen molar-refractivity contribution in [3.63, 3.8) is 0 Å². The number of benzene rings is 1. The van der Waals surface area contributed by atoms with E-state index in [1.807, 2.05) is 13.8 Å². The van der Waals surface area contributed by atoms with E-state index in [0.29, 0.717) is 16.5 Å². The summed E-state index contributed by atoms with van der Waals surface area (Å²) in [5.74, 6) is -0.0231. The lowest BCUT2D eigenvalue weighted by molar-refractivity contribution is 0.629. The molecular formula is C15H18ClFN2. The topological polar surface area (TPSA) is 24.9 Å². The van der Waals surface area contributed by atoms with Gasteiger partial charge < -0.3 is 5.32 Å². The zero-order valence-electron chi connectivity index (χ0n) is 11.6. The first-order valence-electron chi connectivity index (χ1n) is 6.48. The predicted molar refractivity (Wildman–Crippen MR) is 79.7 cm³/mol. The molecule has 0 atom stereocenters. The van der Waals surface area contributed by atoms with Crippen LogP contribution >= 0.6 is 11.6 Å². The van der Waals surface area contributed by atoms with E-state index in [1.165, 1.54) is 12.1 Å². The number of hydrogen-bond donors (Lipinski definition) is 1. The minimum Gasteiger partial charge on any atom is -0.384 e. The number of anilines is 1.